The van der Waals surface area contributed by atoms with Crippen molar-refractivity contribution < 1.29 is 14.6 Å². The molecule has 1 N–H and O–H groups in total. The van der Waals surface area contributed by atoms with Crippen molar-refractivity contribution in [2.45, 2.75) is 26.0 Å². The molecule has 0 saturated heterocycles. The number of aromatic hydroxyl groups is 1. The van der Waals surface area contributed by atoms with Crippen LogP contribution < -0.4 is 0 Å². The summed E-state index contributed by atoms with van der Waals surface area (Å²) in [5.41, 5.74) is 1.65. The van der Waals surface area contributed by atoms with Gasteiger partial charge >= 0.3 is 0 Å². The van der Waals surface area contributed by atoms with Crippen LogP contribution in [0.4, 0.5) is 0 Å². The summed E-state index contributed by atoms with van der Waals surface area (Å²) in [6.07, 6.45) is 0.225. The molecule has 0 aliphatic rings. The number of hydrogen-bond donors (Lipinski definition) is 1. The molecule has 1 atom stereocenters. The Bertz CT molecular complexity index is 642. The number of nitrogens with zero attached hydrogens (tertiary/aromatic N) is 2. The molecule has 6 heteroatoms. The zero-order chi connectivity index (χ0) is 16.1. The molecule has 2 aromatic rings. The molecule has 1 heterocycles. The average Bonchev–Trinajstić information content (AvgIpc) is 2.95. The van der Waals surface area contributed by atoms with Gasteiger partial charge in [-0.1, -0.05) is 12.1 Å². The minimum atomic E-state index is -0.0351. The molecule has 1 amide bonds. The Morgan fingerprint density at radius 1 is 1.50 bits per heavy atom. The number of phenols is 1. The maximum Gasteiger partial charge on any atom is 0.227 e. The van der Waals surface area contributed by atoms with E-state index in [1.807, 2.05) is 18.4 Å². The SMILES string of the molecule is COC(C)c1nc(CN(C)C(=O)Cc2cccc(O)c2)cs1. The van der Waals surface area contributed by atoms with Crippen LogP contribution in [-0.2, 0) is 22.5 Å². The summed E-state index contributed by atoms with van der Waals surface area (Å²) < 4.78 is 5.24. The molecule has 0 spiro atoms. The molecule has 1 unspecified atom stereocenters. The molecule has 1 aromatic carbocycles. The van der Waals surface area contributed by atoms with Crippen molar-refractivity contribution in [2.24, 2.45) is 0 Å². The highest BCUT2D eigenvalue weighted by Gasteiger charge is 2.14. The molecular formula is C16H20N2O3S. The van der Waals surface area contributed by atoms with Crippen molar-refractivity contribution in [1.82, 2.24) is 9.88 Å². The number of ether oxygens (including phenoxy) is 1. The van der Waals surface area contributed by atoms with E-state index in [4.69, 9.17) is 4.74 Å². The van der Waals surface area contributed by atoms with Crippen LogP contribution in [0.15, 0.2) is 29.6 Å². The number of rotatable bonds is 6. The predicted molar refractivity (Wildman–Crippen MR) is 85.8 cm³/mol. The Balaban J connectivity index is 1.95. The molecule has 0 radical (unpaired) electrons. The number of carbonyl (C=O) groups excluding carboxylic acids is 1. The molecule has 0 bridgehead atoms. The standard InChI is InChI=1S/C16H20N2O3S/c1-11(21-3)16-17-13(10-22-16)9-18(2)15(20)8-12-5-4-6-14(19)7-12/h4-7,10-11,19H,8-9H2,1-3H3. The third kappa shape index (κ3) is 4.29. The van der Waals surface area contributed by atoms with Gasteiger partial charge in [-0.25, -0.2) is 4.98 Å². The lowest BCUT2D eigenvalue weighted by Gasteiger charge is -2.16. The van der Waals surface area contributed by atoms with Gasteiger partial charge in [0.05, 0.1) is 18.7 Å². The van der Waals surface area contributed by atoms with Crippen molar-refractivity contribution >= 4 is 17.2 Å². The first-order valence-electron chi connectivity index (χ1n) is 6.98. The first-order chi connectivity index (χ1) is 10.5. The van der Waals surface area contributed by atoms with Crippen LogP contribution in [0.2, 0.25) is 0 Å². The Kier molecular flexibility index (Phi) is 5.51. The molecule has 22 heavy (non-hydrogen) atoms. The quantitative estimate of drug-likeness (QED) is 0.889. The molecule has 0 saturated carbocycles. The van der Waals surface area contributed by atoms with Gasteiger partial charge in [0, 0.05) is 19.5 Å². The van der Waals surface area contributed by atoms with Gasteiger partial charge in [0.15, 0.2) is 0 Å². The van der Waals surface area contributed by atoms with E-state index in [2.05, 4.69) is 4.98 Å². The second-order valence-corrected chi connectivity index (χ2v) is 6.04. The summed E-state index contributed by atoms with van der Waals surface area (Å²) >= 11 is 1.53. The molecule has 0 fully saturated rings. The van der Waals surface area contributed by atoms with Gasteiger partial charge in [-0.3, -0.25) is 4.79 Å². The number of benzene rings is 1. The van der Waals surface area contributed by atoms with E-state index >= 15 is 0 Å². The Morgan fingerprint density at radius 3 is 2.95 bits per heavy atom. The Morgan fingerprint density at radius 2 is 2.27 bits per heavy atom. The van der Waals surface area contributed by atoms with Crippen molar-refractivity contribution in [3.05, 3.63) is 45.9 Å². The van der Waals surface area contributed by atoms with Gasteiger partial charge in [0.1, 0.15) is 16.9 Å². The minimum absolute atomic E-state index is 0.0139. The summed E-state index contributed by atoms with van der Waals surface area (Å²) in [6.45, 7) is 2.41. The van der Waals surface area contributed by atoms with Crippen LogP contribution in [0.5, 0.6) is 5.75 Å². The van der Waals surface area contributed by atoms with E-state index in [0.717, 1.165) is 16.3 Å². The monoisotopic (exact) mass is 320 g/mol. The topological polar surface area (TPSA) is 62.7 Å². The number of phenolic OH excluding ortho intramolecular Hbond substituents is 1. The van der Waals surface area contributed by atoms with Gasteiger partial charge in [-0.05, 0) is 24.6 Å². The number of likely N-dealkylation sites (N-methyl/N-ethyl adjacent to an activating group) is 1. The fourth-order valence-corrected chi connectivity index (χ4v) is 2.83. The third-order valence-electron chi connectivity index (χ3n) is 3.36. The summed E-state index contributed by atoms with van der Waals surface area (Å²) in [7, 11) is 3.40. The fraction of sp³-hybridized carbons (Fsp3) is 0.375. The van der Waals surface area contributed by atoms with Gasteiger partial charge in [0.2, 0.25) is 5.91 Å². The second kappa shape index (κ2) is 7.38. The molecule has 5 nitrogen and oxygen atoms in total. The number of aromatic nitrogens is 1. The highest BCUT2D eigenvalue weighted by Crippen LogP contribution is 2.21. The molecular weight excluding hydrogens is 300 g/mol. The third-order valence-corrected chi connectivity index (χ3v) is 4.42. The van der Waals surface area contributed by atoms with Gasteiger partial charge in [-0.15, -0.1) is 11.3 Å². The van der Waals surface area contributed by atoms with Crippen LogP contribution in [0.3, 0.4) is 0 Å². The molecule has 0 aliphatic carbocycles. The molecule has 118 valence electrons. The zero-order valence-corrected chi connectivity index (χ0v) is 13.8. The first-order valence-corrected chi connectivity index (χ1v) is 7.86. The van der Waals surface area contributed by atoms with Crippen molar-refractivity contribution in [3.8, 4) is 5.75 Å². The lowest BCUT2D eigenvalue weighted by atomic mass is 10.1. The number of amides is 1. The average molecular weight is 320 g/mol. The Hall–Kier alpha value is -1.92. The molecule has 0 aliphatic heterocycles. The normalized spacial score (nSPS) is 12.1. The van der Waals surface area contributed by atoms with E-state index in [0.29, 0.717) is 6.54 Å². The van der Waals surface area contributed by atoms with Crippen LogP contribution in [0.1, 0.15) is 29.3 Å². The first kappa shape index (κ1) is 16.5. The predicted octanol–water partition coefficient (Wildman–Crippen LogP) is 2.76. The highest BCUT2D eigenvalue weighted by molar-refractivity contribution is 7.09. The van der Waals surface area contributed by atoms with Crippen LogP contribution >= 0.6 is 11.3 Å². The summed E-state index contributed by atoms with van der Waals surface area (Å²) in [5.74, 6) is 0.158. The number of thiazole rings is 1. The van der Waals surface area contributed by atoms with Gasteiger partial charge < -0.3 is 14.7 Å². The van der Waals surface area contributed by atoms with Crippen molar-refractivity contribution in [3.63, 3.8) is 0 Å². The number of methoxy groups -OCH3 is 1. The summed E-state index contributed by atoms with van der Waals surface area (Å²) in [6, 6.07) is 6.75. The van der Waals surface area contributed by atoms with Crippen molar-refractivity contribution in [1.29, 1.82) is 0 Å². The zero-order valence-electron chi connectivity index (χ0n) is 12.9. The van der Waals surface area contributed by atoms with Gasteiger partial charge in [0.25, 0.3) is 0 Å². The second-order valence-electron chi connectivity index (χ2n) is 5.15. The van der Waals surface area contributed by atoms with Gasteiger partial charge in [-0.2, -0.15) is 0 Å². The lowest BCUT2D eigenvalue weighted by Crippen LogP contribution is -2.27. The van der Waals surface area contributed by atoms with E-state index in [1.165, 1.54) is 11.3 Å². The maximum atomic E-state index is 12.2. The van der Waals surface area contributed by atoms with E-state index < -0.39 is 0 Å². The maximum absolute atomic E-state index is 12.2. The summed E-state index contributed by atoms with van der Waals surface area (Å²) in [5, 5.41) is 12.3. The van der Waals surface area contributed by atoms with E-state index in [1.54, 1.807) is 37.3 Å². The van der Waals surface area contributed by atoms with Crippen LogP contribution in [0.25, 0.3) is 0 Å². The van der Waals surface area contributed by atoms with Crippen LogP contribution in [0, 0.1) is 0 Å². The fourth-order valence-electron chi connectivity index (χ4n) is 1.99. The molecule has 2 rings (SSSR count). The smallest absolute Gasteiger partial charge is 0.227 e. The molecule has 1 aromatic heterocycles. The highest BCUT2D eigenvalue weighted by atomic mass is 32.1. The summed E-state index contributed by atoms with van der Waals surface area (Å²) in [4.78, 5) is 18.3. The van der Waals surface area contributed by atoms with E-state index in [9.17, 15) is 9.90 Å². The minimum Gasteiger partial charge on any atom is -0.508 e. The lowest BCUT2D eigenvalue weighted by molar-refractivity contribution is -0.129. The Labute approximate surface area is 134 Å². The van der Waals surface area contributed by atoms with E-state index in [-0.39, 0.29) is 24.2 Å². The van der Waals surface area contributed by atoms with Crippen molar-refractivity contribution in [2.75, 3.05) is 14.2 Å². The number of hydrogen-bond acceptors (Lipinski definition) is 5. The largest absolute Gasteiger partial charge is 0.508 e. The number of carbonyl (C=O) groups is 1. The van der Waals surface area contributed by atoms with Crippen LogP contribution in [-0.4, -0.2) is 35.1 Å².